The molecule has 6 nitrogen and oxygen atoms in total. The van der Waals surface area contributed by atoms with E-state index in [-0.39, 0.29) is 12.5 Å². The third-order valence-electron chi connectivity index (χ3n) is 4.49. The number of piperazine rings is 1. The first kappa shape index (κ1) is 17.8. The topological polar surface area (TPSA) is 71.4 Å². The number of carbonyl (C=O) groups excluding carboxylic acids is 1. The van der Waals surface area contributed by atoms with Crippen molar-refractivity contribution in [3.05, 3.63) is 54.1 Å². The van der Waals surface area contributed by atoms with Crippen LogP contribution in [0.4, 0.5) is 17.1 Å². The number of nitriles is 1. The zero-order valence-electron chi connectivity index (χ0n) is 14.9. The number of likely N-dealkylation sites (N-methyl/N-ethyl adjacent to an activating group) is 1. The van der Waals surface area contributed by atoms with Gasteiger partial charge in [0.15, 0.2) is 0 Å². The highest BCUT2D eigenvalue weighted by atomic mass is 16.1. The summed E-state index contributed by atoms with van der Waals surface area (Å²) in [4.78, 5) is 16.8. The van der Waals surface area contributed by atoms with E-state index in [2.05, 4.69) is 45.7 Å². The smallest absolute Gasteiger partial charge is 0.243 e. The van der Waals surface area contributed by atoms with E-state index in [1.165, 1.54) is 5.69 Å². The van der Waals surface area contributed by atoms with Gasteiger partial charge in [0.2, 0.25) is 5.91 Å². The maximum atomic E-state index is 12.1. The molecule has 3 rings (SSSR count). The molecule has 6 heteroatoms. The fourth-order valence-electron chi connectivity index (χ4n) is 2.87. The van der Waals surface area contributed by atoms with Crippen LogP contribution in [-0.2, 0) is 4.79 Å². The first-order valence-electron chi connectivity index (χ1n) is 8.71. The predicted molar refractivity (Wildman–Crippen MR) is 104 cm³/mol. The number of anilines is 3. The van der Waals surface area contributed by atoms with Crippen molar-refractivity contribution in [2.75, 3.05) is 55.3 Å². The van der Waals surface area contributed by atoms with Crippen molar-refractivity contribution in [1.82, 2.24) is 4.90 Å². The van der Waals surface area contributed by atoms with Crippen molar-refractivity contribution in [2.24, 2.45) is 0 Å². The van der Waals surface area contributed by atoms with Crippen LogP contribution >= 0.6 is 0 Å². The van der Waals surface area contributed by atoms with Gasteiger partial charge in [-0.05, 0) is 55.6 Å². The summed E-state index contributed by atoms with van der Waals surface area (Å²) >= 11 is 0. The number of rotatable bonds is 5. The first-order valence-corrected chi connectivity index (χ1v) is 8.71. The van der Waals surface area contributed by atoms with Crippen LogP contribution in [0.2, 0.25) is 0 Å². The lowest BCUT2D eigenvalue weighted by Gasteiger charge is -2.34. The molecule has 26 heavy (non-hydrogen) atoms. The molecule has 0 aliphatic carbocycles. The first-order chi connectivity index (χ1) is 12.6. The average Bonchev–Trinajstić information content (AvgIpc) is 2.68. The molecule has 2 N–H and O–H groups in total. The van der Waals surface area contributed by atoms with Crippen molar-refractivity contribution in [3.8, 4) is 6.07 Å². The van der Waals surface area contributed by atoms with Crippen molar-refractivity contribution in [3.63, 3.8) is 0 Å². The van der Waals surface area contributed by atoms with E-state index < -0.39 is 0 Å². The Bertz CT molecular complexity index is 771. The van der Waals surface area contributed by atoms with Crippen molar-refractivity contribution in [1.29, 1.82) is 5.26 Å². The Labute approximate surface area is 154 Å². The lowest BCUT2D eigenvalue weighted by Crippen LogP contribution is -2.44. The zero-order chi connectivity index (χ0) is 18.4. The SMILES string of the molecule is CN1CCN(c2ccc(NC(=O)CNc3ccc(C#N)cc3)cc2)CC1. The van der Waals surface area contributed by atoms with E-state index in [0.29, 0.717) is 5.56 Å². The fraction of sp³-hybridized carbons (Fsp3) is 0.300. The molecule has 0 saturated carbocycles. The molecule has 1 fully saturated rings. The summed E-state index contributed by atoms with van der Waals surface area (Å²) < 4.78 is 0. The van der Waals surface area contributed by atoms with Gasteiger partial charge in [-0.3, -0.25) is 4.79 Å². The van der Waals surface area contributed by atoms with Gasteiger partial charge in [-0.15, -0.1) is 0 Å². The van der Waals surface area contributed by atoms with Gasteiger partial charge < -0.3 is 20.4 Å². The van der Waals surface area contributed by atoms with Gasteiger partial charge in [0.25, 0.3) is 0 Å². The van der Waals surface area contributed by atoms with Gasteiger partial charge in [-0.1, -0.05) is 0 Å². The minimum Gasteiger partial charge on any atom is -0.376 e. The summed E-state index contributed by atoms with van der Waals surface area (Å²) in [6.07, 6.45) is 0. The van der Waals surface area contributed by atoms with Crippen LogP contribution in [0.25, 0.3) is 0 Å². The van der Waals surface area contributed by atoms with Crippen molar-refractivity contribution >= 4 is 23.0 Å². The van der Waals surface area contributed by atoms with Crippen LogP contribution in [0.5, 0.6) is 0 Å². The Hall–Kier alpha value is -3.04. The molecule has 2 aromatic carbocycles. The van der Waals surface area contributed by atoms with E-state index in [4.69, 9.17) is 5.26 Å². The normalized spacial score (nSPS) is 14.5. The Morgan fingerprint density at radius 1 is 1.00 bits per heavy atom. The summed E-state index contributed by atoms with van der Waals surface area (Å²) in [5.41, 5.74) is 3.38. The Morgan fingerprint density at radius 3 is 2.23 bits per heavy atom. The van der Waals surface area contributed by atoms with Crippen molar-refractivity contribution in [2.45, 2.75) is 0 Å². The lowest BCUT2D eigenvalue weighted by atomic mass is 10.2. The highest BCUT2D eigenvalue weighted by molar-refractivity contribution is 5.93. The van der Waals surface area contributed by atoms with E-state index in [9.17, 15) is 4.79 Å². The molecular formula is C20H23N5O. The van der Waals surface area contributed by atoms with Crippen LogP contribution in [0.3, 0.4) is 0 Å². The largest absolute Gasteiger partial charge is 0.376 e. The second-order valence-corrected chi connectivity index (χ2v) is 6.43. The van der Waals surface area contributed by atoms with Crippen LogP contribution in [0, 0.1) is 11.3 Å². The standard InChI is InChI=1S/C20H23N5O/c1-24-10-12-25(13-11-24)19-8-6-18(7-9-19)23-20(26)15-22-17-4-2-16(14-21)3-5-17/h2-9,22H,10-13,15H2,1H3,(H,23,26). The van der Waals surface area contributed by atoms with Gasteiger partial charge in [0, 0.05) is 43.2 Å². The second kappa shape index (κ2) is 8.37. The van der Waals surface area contributed by atoms with Crippen LogP contribution in [0.1, 0.15) is 5.56 Å². The Balaban J connectivity index is 1.48. The molecular weight excluding hydrogens is 326 g/mol. The summed E-state index contributed by atoms with van der Waals surface area (Å²) in [6, 6.07) is 17.1. The molecule has 0 spiro atoms. The third-order valence-corrected chi connectivity index (χ3v) is 4.49. The highest BCUT2D eigenvalue weighted by Crippen LogP contribution is 2.19. The molecule has 0 atom stereocenters. The van der Waals surface area contributed by atoms with Crippen LogP contribution < -0.4 is 15.5 Å². The van der Waals surface area contributed by atoms with Crippen molar-refractivity contribution < 1.29 is 4.79 Å². The molecule has 1 aliphatic heterocycles. The highest BCUT2D eigenvalue weighted by Gasteiger charge is 2.14. The molecule has 0 unspecified atom stereocenters. The molecule has 2 aromatic rings. The van der Waals surface area contributed by atoms with Gasteiger partial charge in [0.1, 0.15) is 0 Å². The lowest BCUT2D eigenvalue weighted by molar-refractivity contribution is -0.114. The molecule has 0 radical (unpaired) electrons. The van der Waals surface area contributed by atoms with Gasteiger partial charge >= 0.3 is 0 Å². The second-order valence-electron chi connectivity index (χ2n) is 6.43. The maximum absolute atomic E-state index is 12.1. The zero-order valence-corrected chi connectivity index (χ0v) is 14.9. The summed E-state index contributed by atoms with van der Waals surface area (Å²) in [5.74, 6) is -0.110. The molecule has 0 aromatic heterocycles. The number of nitrogens with zero attached hydrogens (tertiary/aromatic N) is 3. The van der Waals surface area contributed by atoms with Gasteiger partial charge in [-0.25, -0.2) is 0 Å². The summed E-state index contributed by atoms with van der Waals surface area (Å²) in [5, 5.41) is 14.7. The van der Waals surface area contributed by atoms with Gasteiger partial charge in [-0.2, -0.15) is 5.26 Å². The van der Waals surface area contributed by atoms with Crippen LogP contribution in [0.15, 0.2) is 48.5 Å². The Morgan fingerprint density at radius 2 is 1.62 bits per heavy atom. The number of amides is 1. The number of benzene rings is 2. The third kappa shape index (κ3) is 4.74. The molecule has 1 heterocycles. The molecule has 134 valence electrons. The minimum absolute atomic E-state index is 0.110. The number of nitrogens with one attached hydrogen (secondary N) is 2. The molecule has 0 bridgehead atoms. The predicted octanol–water partition coefficient (Wildman–Crippen LogP) is 2.36. The number of hydrogen-bond donors (Lipinski definition) is 2. The monoisotopic (exact) mass is 349 g/mol. The van der Waals surface area contributed by atoms with E-state index in [1.54, 1.807) is 24.3 Å². The quantitative estimate of drug-likeness (QED) is 0.867. The van der Waals surface area contributed by atoms with E-state index >= 15 is 0 Å². The molecule has 1 amide bonds. The molecule has 1 aliphatic rings. The van der Waals surface area contributed by atoms with Crippen LogP contribution in [-0.4, -0.2) is 50.6 Å². The van der Waals surface area contributed by atoms with E-state index in [0.717, 1.165) is 37.6 Å². The fourth-order valence-corrected chi connectivity index (χ4v) is 2.87. The van der Waals surface area contributed by atoms with E-state index in [1.807, 2.05) is 12.1 Å². The number of hydrogen-bond acceptors (Lipinski definition) is 5. The average molecular weight is 349 g/mol. The maximum Gasteiger partial charge on any atom is 0.243 e. The minimum atomic E-state index is -0.110. The Kier molecular flexibility index (Phi) is 5.72. The molecule has 1 saturated heterocycles. The summed E-state index contributed by atoms with van der Waals surface area (Å²) in [7, 11) is 2.14. The number of carbonyl (C=O) groups is 1. The summed E-state index contributed by atoms with van der Waals surface area (Å²) in [6.45, 7) is 4.36. The van der Waals surface area contributed by atoms with Gasteiger partial charge in [0.05, 0.1) is 18.2 Å².